The maximum atomic E-state index is 13.5. The lowest BCUT2D eigenvalue weighted by atomic mass is 10.1. The Morgan fingerprint density at radius 2 is 1.83 bits per heavy atom. The van der Waals surface area contributed by atoms with Gasteiger partial charge in [-0.25, -0.2) is 4.39 Å². The number of halogens is 1. The first-order valence-corrected chi connectivity index (χ1v) is 6.81. The molecule has 2 rings (SSSR count). The SMILES string of the molecule is OC(COC1CCCCCC1)c1ccccc1F. The first-order valence-electron chi connectivity index (χ1n) is 6.81. The fourth-order valence-electron chi connectivity index (χ4n) is 2.47. The van der Waals surface area contributed by atoms with Crippen LogP contribution in [0.3, 0.4) is 0 Å². The first-order chi connectivity index (χ1) is 8.77. The summed E-state index contributed by atoms with van der Waals surface area (Å²) in [4.78, 5) is 0. The Hall–Kier alpha value is -0.930. The molecule has 0 bridgehead atoms. The standard InChI is InChI=1S/C15H21FO2/c16-14-10-6-5-9-13(14)15(17)11-18-12-7-3-1-2-4-8-12/h5-6,9-10,12,15,17H,1-4,7-8,11H2. The number of ether oxygens (including phenoxy) is 1. The normalized spacial score (nSPS) is 19.4. The van der Waals surface area contributed by atoms with Crippen molar-refractivity contribution in [2.75, 3.05) is 6.61 Å². The molecule has 1 aromatic carbocycles. The fourth-order valence-corrected chi connectivity index (χ4v) is 2.47. The van der Waals surface area contributed by atoms with Crippen LogP contribution in [-0.2, 0) is 4.74 Å². The molecule has 100 valence electrons. The predicted molar refractivity (Wildman–Crippen MR) is 68.8 cm³/mol. The van der Waals surface area contributed by atoms with Crippen molar-refractivity contribution in [1.29, 1.82) is 0 Å². The summed E-state index contributed by atoms with van der Waals surface area (Å²) in [5.41, 5.74) is 0.325. The summed E-state index contributed by atoms with van der Waals surface area (Å²) >= 11 is 0. The van der Waals surface area contributed by atoms with Gasteiger partial charge in [0.1, 0.15) is 11.9 Å². The van der Waals surface area contributed by atoms with E-state index in [0.717, 1.165) is 12.8 Å². The summed E-state index contributed by atoms with van der Waals surface area (Å²) in [6, 6.07) is 6.33. The molecular formula is C15H21FO2. The van der Waals surface area contributed by atoms with Gasteiger partial charge in [0.2, 0.25) is 0 Å². The van der Waals surface area contributed by atoms with Crippen molar-refractivity contribution < 1.29 is 14.2 Å². The maximum Gasteiger partial charge on any atom is 0.129 e. The molecule has 1 atom stereocenters. The summed E-state index contributed by atoms with van der Waals surface area (Å²) in [7, 11) is 0. The van der Waals surface area contributed by atoms with Crippen LogP contribution in [0.5, 0.6) is 0 Å². The number of aliphatic hydroxyl groups is 1. The van der Waals surface area contributed by atoms with E-state index in [2.05, 4.69) is 0 Å². The quantitative estimate of drug-likeness (QED) is 0.830. The zero-order valence-corrected chi connectivity index (χ0v) is 10.6. The summed E-state index contributed by atoms with van der Waals surface area (Å²) in [6.45, 7) is 0.186. The van der Waals surface area contributed by atoms with Crippen LogP contribution in [-0.4, -0.2) is 17.8 Å². The number of hydrogen-bond donors (Lipinski definition) is 1. The minimum Gasteiger partial charge on any atom is -0.386 e. The number of hydrogen-bond acceptors (Lipinski definition) is 2. The highest BCUT2D eigenvalue weighted by molar-refractivity contribution is 5.19. The number of rotatable bonds is 4. The Morgan fingerprint density at radius 3 is 2.50 bits per heavy atom. The second kappa shape index (κ2) is 6.86. The van der Waals surface area contributed by atoms with Gasteiger partial charge >= 0.3 is 0 Å². The van der Waals surface area contributed by atoms with E-state index in [4.69, 9.17) is 4.74 Å². The van der Waals surface area contributed by atoms with Crippen LogP contribution in [0.2, 0.25) is 0 Å². The van der Waals surface area contributed by atoms with Crippen molar-refractivity contribution in [3.63, 3.8) is 0 Å². The summed E-state index contributed by atoms with van der Waals surface area (Å²) in [5, 5.41) is 9.94. The van der Waals surface area contributed by atoms with E-state index in [1.54, 1.807) is 18.2 Å². The monoisotopic (exact) mass is 252 g/mol. The Morgan fingerprint density at radius 1 is 1.17 bits per heavy atom. The van der Waals surface area contributed by atoms with E-state index < -0.39 is 6.10 Å². The van der Waals surface area contributed by atoms with Crippen LogP contribution in [0.15, 0.2) is 24.3 Å². The Balaban J connectivity index is 1.84. The highest BCUT2D eigenvalue weighted by atomic mass is 19.1. The van der Waals surface area contributed by atoms with E-state index >= 15 is 0 Å². The highest BCUT2D eigenvalue weighted by Crippen LogP contribution is 2.22. The first kappa shape index (κ1) is 13.5. The summed E-state index contributed by atoms with van der Waals surface area (Å²) in [6.07, 6.45) is 6.42. The smallest absolute Gasteiger partial charge is 0.129 e. The minimum absolute atomic E-state index is 0.186. The van der Waals surface area contributed by atoms with E-state index in [9.17, 15) is 9.50 Å². The van der Waals surface area contributed by atoms with E-state index in [-0.39, 0.29) is 18.5 Å². The van der Waals surface area contributed by atoms with Gasteiger partial charge in [0.15, 0.2) is 0 Å². The molecular weight excluding hydrogens is 231 g/mol. The molecule has 1 aromatic rings. The third kappa shape index (κ3) is 3.79. The summed E-state index contributed by atoms with van der Waals surface area (Å²) < 4.78 is 19.2. The molecule has 0 amide bonds. The van der Waals surface area contributed by atoms with Crippen LogP contribution >= 0.6 is 0 Å². The van der Waals surface area contributed by atoms with Gasteiger partial charge in [0.05, 0.1) is 12.7 Å². The molecule has 0 radical (unpaired) electrons. The van der Waals surface area contributed by atoms with Gasteiger partial charge in [0, 0.05) is 5.56 Å². The fraction of sp³-hybridized carbons (Fsp3) is 0.600. The topological polar surface area (TPSA) is 29.5 Å². The van der Waals surface area contributed by atoms with E-state index in [0.29, 0.717) is 5.56 Å². The lowest BCUT2D eigenvalue weighted by Gasteiger charge is -2.18. The Kier molecular flexibility index (Phi) is 5.14. The Bertz CT molecular complexity index is 359. The van der Waals surface area contributed by atoms with Gasteiger partial charge in [-0.15, -0.1) is 0 Å². The maximum absolute atomic E-state index is 13.5. The highest BCUT2D eigenvalue weighted by Gasteiger charge is 2.17. The zero-order chi connectivity index (χ0) is 12.8. The molecule has 0 aromatic heterocycles. The average Bonchev–Trinajstić information content (AvgIpc) is 2.65. The molecule has 3 heteroatoms. The molecule has 0 aliphatic heterocycles. The molecule has 1 aliphatic rings. The lowest BCUT2D eigenvalue weighted by Crippen LogP contribution is -2.17. The summed E-state index contributed by atoms with van der Waals surface area (Å²) in [5.74, 6) is -0.366. The van der Waals surface area contributed by atoms with E-state index in [1.165, 1.54) is 31.7 Å². The lowest BCUT2D eigenvalue weighted by molar-refractivity contribution is -0.0170. The molecule has 1 unspecified atom stereocenters. The van der Waals surface area contributed by atoms with Gasteiger partial charge in [-0.05, 0) is 18.9 Å². The molecule has 0 saturated heterocycles. The van der Waals surface area contributed by atoms with Crippen LogP contribution in [0.1, 0.15) is 50.2 Å². The second-order valence-corrected chi connectivity index (χ2v) is 4.98. The van der Waals surface area contributed by atoms with Crippen molar-refractivity contribution >= 4 is 0 Å². The van der Waals surface area contributed by atoms with Crippen molar-refractivity contribution in [2.24, 2.45) is 0 Å². The molecule has 2 nitrogen and oxygen atoms in total. The van der Waals surface area contributed by atoms with Crippen LogP contribution in [0, 0.1) is 5.82 Å². The van der Waals surface area contributed by atoms with Gasteiger partial charge < -0.3 is 9.84 Å². The third-order valence-corrected chi connectivity index (χ3v) is 3.56. The predicted octanol–water partition coefficient (Wildman–Crippen LogP) is 3.60. The molecule has 1 fully saturated rings. The second-order valence-electron chi connectivity index (χ2n) is 4.98. The average molecular weight is 252 g/mol. The van der Waals surface area contributed by atoms with Gasteiger partial charge in [0.25, 0.3) is 0 Å². The Labute approximate surface area is 108 Å². The van der Waals surface area contributed by atoms with Crippen molar-refractivity contribution in [1.82, 2.24) is 0 Å². The largest absolute Gasteiger partial charge is 0.386 e. The number of benzene rings is 1. The zero-order valence-electron chi connectivity index (χ0n) is 10.6. The van der Waals surface area contributed by atoms with Gasteiger partial charge in [-0.1, -0.05) is 43.9 Å². The van der Waals surface area contributed by atoms with Crippen LogP contribution in [0.25, 0.3) is 0 Å². The molecule has 1 aliphatic carbocycles. The van der Waals surface area contributed by atoms with Crippen molar-refractivity contribution in [2.45, 2.75) is 50.7 Å². The molecule has 0 spiro atoms. The molecule has 18 heavy (non-hydrogen) atoms. The molecule has 1 N–H and O–H groups in total. The molecule has 0 heterocycles. The van der Waals surface area contributed by atoms with Gasteiger partial charge in [-0.2, -0.15) is 0 Å². The van der Waals surface area contributed by atoms with E-state index in [1.807, 2.05) is 0 Å². The van der Waals surface area contributed by atoms with Gasteiger partial charge in [-0.3, -0.25) is 0 Å². The minimum atomic E-state index is -0.866. The number of aliphatic hydroxyl groups excluding tert-OH is 1. The van der Waals surface area contributed by atoms with Crippen molar-refractivity contribution in [3.05, 3.63) is 35.6 Å². The van der Waals surface area contributed by atoms with Crippen LogP contribution < -0.4 is 0 Å². The van der Waals surface area contributed by atoms with Crippen LogP contribution in [0.4, 0.5) is 4.39 Å². The molecule has 1 saturated carbocycles. The van der Waals surface area contributed by atoms with Crippen molar-refractivity contribution in [3.8, 4) is 0 Å². The third-order valence-electron chi connectivity index (χ3n) is 3.56.